The zero-order valence-electron chi connectivity index (χ0n) is 9.39. The second kappa shape index (κ2) is 4.79. The lowest BCUT2D eigenvalue weighted by Crippen LogP contribution is -2.22. The van der Waals surface area contributed by atoms with Gasteiger partial charge in [0.1, 0.15) is 0 Å². The number of hydrogen-bond donors (Lipinski definition) is 0. The average molecular weight is 213 g/mol. The van der Waals surface area contributed by atoms with Gasteiger partial charge in [0.05, 0.1) is 0 Å². The Labute approximate surface area is 95.2 Å². The topological polar surface area (TPSA) is 22.0 Å². The number of benzene rings is 1. The van der Waals surface area contributed by atoms with E-state index >= 15 is 0 Å². The summed E-state index contributed by atoms with van der Waals surface area (Å²) in [6.45, 7) is 2.70. The first-order valence-electron chi connectivity index (χ1n) is 5.53. The van der Waals surface area contributed by atoms with Gasteiger partial charge in [0.2, 0.25) is 0 Å². The lowest BCUT2D eigenvalue weighted by Gasteiger charge is -2.05. The molecule has 0 N–H and O–H groups in total. The molecule has 2 nitrogen and oxygen atoms in total. The predicted molar refractivity (Wildman–Crippen MR) is 65.6 cm³/mol. The van der Waals surface area contributed by atoms with Crippen LogP contribution in [0.1, 0.15) is 18.1 Å². The maximum absolute atomic E-state index is 12.0. The Kier molecular flexibility index (Phi) is 3.20. The largest absolute Gasteiger partial charge is 0.316 e. The van der Waals surface area contributed by atoms with Crippen molar-refractivity contribution in [2.45, 2.75) is 19.9 Å². The maximum Gasteiger partial charge on any atom is 0.254 e. The van der Waals surface area contributed by atoms with Crippen LogP contribution in [0.15, 0.2) is 53.5 Å². The zero-order valence-corrected chi connectivity index (χ0v) is 9.39. The first-order valence-corrected chi connectivity index (χ1v) is 5.53. The van der Waals surface area contributed by atoms with Crippen LogP contribution in [-0.4, -0.2) is 4.57 Å². The summed E-state index contributed by atoms with van der Waals surface area (Å²) in [5.41, 5.74) is 2.15. The highest BCUT2D eigenvalue weighted by Gasteiger charge is 2.02. The fraction of sp³-hybridized carbons (Fsp3) is 0.214. The Bertz CT molecular complexity index is 514. The van der Waals surface area contributed by atoms with Crippen LogP contribution in [0.2, 0.25) is 0 Å². The molecule has 1 aromatic carbocycles. The van der Waals surface area contributed by atoms with Crippen LogP contribution in [0.5, 0.6) is 0 Å². The summed E-state index contributed by atoms with van der Waals surface area (Å²) >= 11 is 0. The van der Waals surface area contributed by atoms with E-state index in [9.17, 15) is 4.79 Å². The summed E-state index contributed by atoms with van der Waals surface area (Å²) in [4.78, 5) is 12.0. The third kappa shape index (κ3) is 2.22. The molecular weight excluding hydrogens is 198 g/mol. The first-order chi connectivity index (χ1) is 7.81. The molecule has 1 aromatic heterocycles. The van der Waals surface area contributed by atoms with Crippen LogP contribution < -0.4 is 5.56 Å². The van der Waals surface area contributed by atoms with Crippen LogP contribution in [0.3, 0.4) is 0 Å². The van der Waals surface area contributed by atoms with Crippen molar-refractivity contribution in [2.24, 2.45) is 0 Å². The summed E-state index contributed by atoms with van der Waals surface area (Å²) in [6.07, 6.45) is 2.54. The Morgan fingerprint density at radius 3 is 2.50 bits per heavy atom. The molecule has 0 radical (unpaired) electrons. The van der Waals surface area contributed by atoms with Crippen LogP contribution in [0.25, 0.3) is 0 Å². The smallest absolute Gasteiger partial charge is 0.254 e. The first kappa shape index (κ1) is 10.7. The molecule has 0 aliphatic rings. The van der Waals surface area contributed by atoms with E-state index < -0.39 is 0 Å². The van der Waals surface area contributed by atoms with E-state index in [4.69, 9.17) is 0 Å². The minimum absolute atomic E-state index is 0.119. The minimum atomic E-state index is 0.119. The van der Waals surface area contributed by atoms with Crippen LogP contribution in [0.4, 0.5) is 0 Å². The zero-order chi connectivity index (χ0) is 11.4. The fourth-order valence-corrected chi connectivity index (χ4v) is 1.79. The van der Waals surface area contributed by atoms with E-state index in [0.717, 1.165) is 12.1 Å². The van der Waals surface area contributed by atoms with Gasteiger partial charge in [0, 0.05) is 24.7 Å². The average Bonchev–Trinajstić information content (AvgIpc) is 2.33. The van der Waals surface area contributed by atoms with E-state index in [2.05, 4.69) is 0 Å². The summed E-state index contributed by atoms with van der Waals surface area (Å²) < 4.78 is 1.73. The van der Waals surface area contributed by atoms with E-state index in [1.54, 1.807) is 4.57 Å². The molecule has 0 aliphatic carbocycles. The second-order valence-corrected chi connectivity index (χ2v) is 3.79. The molecule has 0 aliphatic heterocycles. The summed E-state index contributed by atoms with van der Waals surface area (Å²) in [7, 11) is 0. The summed E-state index contributed by atoms with van der Waals surface area (Å²) in [5, 5.41) is 0. The van der Waals surface area contributed by atoms with Gasteiger partial charge >= 0.3 is 0 Å². The van der Waals surface area contributed by atoms with E-state index in [0.29, 0.717) is 6.42 Å². The van der Waals surface area contributed by atoms with E-state index in [1.165, 1.54) is 5.56 Å². The van der Waals surface area contributed by atoms with Crippen LogP contribution in [0, 0.1) is 0 Å². The maximum atomic E-state index is 12.0. The van der Waals surface area contributed by atoms with Gasteiger partial charge in [-0.15, -0.1) is 0 Å². The Balaban J connectivity index is 2.32. The lowest BCUT2D eigenvalue weighted by atomic mass is 10.1. The molecule has 2 rings (SSSR count). The molecule has 2 heteroatoms. The molecule has 2 aromatic rings. The van der Waals surface area contributed by atoms with E-state index in [1.807, 2.05) is 55.6 Å². The quantitative estimate of drug-likeness (QED) is 0.767. The molecule has 0 saturated carbocycles. The summed E-state index contributed by atoms with van der Waals surface area (Å²) in [6, 6.07) is 13.9. The van der Waals surface area contributed by atoms with Crippen molar-refractivity contribution in [3.05, 3.63) is 70.1 Å². The van der Waals surface area contributed by atoms with Gasteiger partial charge in [-0.25, -0.2) is 0 Å². The number of aryl methyl sites for hydroxylation is 1. The standard InChI is InChI=1S/C14H15NO/c1-2-15-10-6-9-13(14(15)16)11-12-7-4-3-5-8-12/h3-10H,2,11H2,1H3. The van der Waals surface area contributed by atoms with Gasteiger partial charge in [-0.3, -0.25) is 4.79 Å². The third-order valence-corrected chi connectivity index (χ3v) is 2.68. The normalized spacial score (nSPS) is 10.3. The SMILES string of the molecule is CCn1cccc(Cc2ccccc2)c1=O. The van der Waals surface area contributed by atoms with E-state index in [-0.39, 0.29) is 5.56 Å². The molecule has 0 bridgehead atoms. The number of pyridine rings is 1. The Morgan fingerprint density at radius 1 is 1.06 bits per heavy atom. The minimum Gasteiger partial charge on any atom is -0.316 e. The molecule has 0 atom stereocenters. The van der Waals surface area contributed by atoms with Gasteiger partial charge < -0.3 is 4.57 Å². The monoisotopic (exact) mass is 213 g/mol. The van der Waals surface area contributed by atoms with Crippen molar-refractivity contribution in [2.75, 3.05) is 0 Å². The van der Waals surface area contributed by atoms with Crippen molar-refractivity contribution in [3.8, 4) is 0 Å². The number of rotatable bonds is 3. The molecule has 16 heavy (non-hydrogen) atoms. The van der Waals surface area contributed by atoms with Gasteiger partial charge in [0.15, 0.2) is 0 Å². The highest BCUT2D eigenvalue weighted by molar-refractivity contribution is 5.23. The molecule has 0 saturated heterocycles. The molecule has 0 unspecified atom stereocenters. The number of hydrogen-bond acceptors (Lipinski definition) is 1. The fourth-order valence-electron chi connectivity index (χ4n) is 1.79. The second-order valence-electron chi connectivity index (χ2n) is 3.79. The molecule has 82 valence electrons. The van der Waals surface area contributed by atoms with Gasteiger partial charge in [0.25, 0.3) is 5.56 Å². The Morgan fingerprint density at radius 2 is 1.81 bits per heavy atom. The molecular formula is C14H15NO. The van der Waals surface area contributed by atoms with Gasteiger partial charge in [-0.1, -0.05) is 36.4 Å². The molecule has 0 fully saturated rings. The number of nitrogens with zero attached hydrogens (tertiary/aromatic N) is 1. The third-order valence-electron chi connectivity index (χ3n) is 2.68. The number of aromatic nitrogens is 1. The van der Waals surface area contributed by atoms with Crippen molar-refractivity contribution in [3.63, 3.8) is 0 Å². The van der Waals surface area contributed by atoms with Crippen LogP contribution >= 0.6 is 0 Å². The highest BCUT2D eigenvalue weighted by Crippen LogP contribution is 2.05. The molecule has 0 spiro atoms. The van der Waals surface area contributed by atoms with Crippen molar-refractivity contribution in [1.82, 2.24) is 4.57 Å². The van der Waals surface area contributed by atoms with Crippen molar-refractivity contribution in [1.29, 1.82) is 0 Å². The van der Waals surface area contributed by atoms with Gasteiger partial charge in [-0.05, 0) is 18.6 Å². The van der Waals surface area contributed by atoms with Crippen molar-refractivity contribution < 1.29 is 0 Å². The highest BCUT2D eigenvalue weighted by atomic mass is 16.1. The predicted octanol–water partition coefficient (Wildman–Crippen LogP) is 2.46. The summed E-state index contributed by atoms with van der Waals surface area (Å²) in [5.74, 6) is 0. The lowest BCUT2D eigenvalue weighted by molar-refractivity contribution is 0.717. The molecule has 1 heterocycles. The van der Waals surface area contributed by atoms with Crippen molar-refractivity contribution >= 4 is 0 Å². The van der Waals surface area contributed by atoms with Crippen LogP contribution in [-0.2, 0) is 13.0 Å². The Hall–Kier alpha value is -1.83. The molecule has 0 amide bonds. The van der Waals surface area contributed by atoms with Gasteiger partial charge in [-0.2, -0.15) is 0 Å².